The largest absolute Gasteiger partial charge is 0.382 e. The predicted molar refractivity (Wildman–Crippen MR) is 98.9 cm³/mol. The molecule has 0 fully saturated rings. The number of nitrogen functional groups attached to an aromatic ring is 1. The van der Waals surface area contributed by atoms with E-state index in [2.05, 4.69) is 21.9 Å². The number of hydrogen-bond acceptors (Lipinski definition) is 5. The van der Waals surface area contributed by atoms with Crippen molar-refractivity contribution in [3.63, 3.8) is 0 Å². The van der Waals surface area contributed by atoms with Crippen LogP contribution >= 0.6 is 23.4 Å². The highest BCUT2D eigenvalue weighted by Crippen LogP contribution is 2.22. The third-order valence-electron chi connectivity index (χ3n) is 3.64. The molecule has 8 heteroatoms. The van der Waals surface area contributed by atoms with Crippen LogP contribution in [-0.2, 0) is 6.54 Å². The lowest BCUT2D eigenvalue weighted by Crippen LogP contribution is -2.17. The van der Waals surface area contributed by atoms with Crippen LogP contribution in [0, 0.1) is 6.92 Å². The minimum absolute atomic E-state index is 0.264. The Morgan fingerprint density at radius 1 is 1.38 bits per heavy atom. The summed E-state index contributed by atoms with van der Waals surface area (Å²) in [5.41, 5.74) is 8.62. The van der Waals surface area contributed by atoms with Crippen molar-refractivity contribution in [2.75, 3.05) is 11.5 Å². The number of aryl methyl sites for hydroxylation is 1. The highest BCUT2D eigenvalue weighted by atomic mass is 35.5. The molecule has 0 aliphatic carbocycles. The Hall–Kier alpha value is -1.99. The third kappa shape index (κ3) is 3.27. The molecule has 24 heavy (non-hydrogen) atoms. The van der Waals surface area contributed by atoms with Gasteiger partial charge in [-0.3, -0.25) is 4.57 Å². The maximum absolute atomic E-state index is 12.3. The normalized spacial score (nSPS) is 11.3. The summed E-state index contributed by atoms with van der Waals surface area (Å²) in [6.45, 7) is 4.39. The quantitative estimate of drug-likeness (QED) is 0.536. The number of nitrogens with zero attached hydrogens (tertiary/aromatic N) is 3. The van der Waals surface area contributed by atoms with Crippen molar-refractivity contribution in [2.24, 2.45) is 0 Å². The Kier molecular flexibility index (Phi) is 4.82. The number of aromatic nitrogens is 4. The van der Waals surface area contributed by atoms with Crippen molar-refractivity contribution in [3.05, 3.63) is 44.8 Å². The van der Waals surface area contributed by atoms with Gasteiger partial charge < -0.3 is 10.7 Å². The van der Waals surface area contributed by atoms with Crippen molar-refractivity contribution in [3.8, 4) is 0 Å². The highest BCUT2D eigenvalue weighted by Gasteiger charge is 2.14. The maximum atomic E-state index is 12.3. The Morgan fingerprint density at radius 2 is 2.17 bits per heavy atom. The first-order valence-corrected chi connectivity index (χ1v) is 8.99. The molecule has 2 aromatic heterocycles. The van der Waals surface area contributed by atoms with Crippen LogP contribution in [-0.4, -0.2) is 25.3 Å². The van der Waals surface area contributed by atoms with E-state index in [1.54, 1.807) is 4.57 Å². The van der Waals surface area contributed by atoms with Gasteiger partial charge in [0.1, 0.15) is 5.52 Å². The van der Waals surface area contributed by atoms with Crippen LogP contribution < -0.4 is 11.4 Å². The summed E-state index contributed by atoms with van der Waals surface area (Å²) in [5.74, 6) is 1.18. The third-order valence-corrected chi connectivity index (χ3v) is 5.10. The van der Waals surface area contributed by atoms with Crippen LogP contribution in [0.2, 0.25) is 5.02 Å². The monoisotopic (exact) mass is 363 g/mol. The van der Waals surface area contributed by atoms with E-state index in [-0.39, 0.29) is 11.5 Å². The van der Waals surface area contributed by atoms with Crippen molar-refractivity contribution in [1.29, 1.82) is 0 Å². The van der Waals surface area contributed by atoms with Gasteiger partial charge in [0.15, 0.2) is 16.6 Å². The lowest BCUT2D eigenvalue weighted by atomic mass is 10.1. The zero-order chi connectivity index (χ0) is 17.3. The van der Waals surface area contributed by atoms with Crippen LogP contribution in [0.25, 0.3) is 11.2 Å². The molecular weight excluding hydrogens is 346 g/mol. The fourth-order valence-electron chi connectivity index (χ4n) is 2.35. The molecule has 0 aliphatic rings. The van der Waals surface area contributed by atoms with E-state index in [9.17, 15) is 4.79 Å². The van der Waals surface area contributed by atoms with Gasteiger partial charge in [0.25, 0.3) is 0 Å². The second-order valence-electron chi connectivity index (χ2n) is 5.54. The zero-order valence-corrected chi connectivity index (χ0v) is 15.0. The SMILES string of the molecule is CCCSc1nc(N)c2[nH]c(=O)n(Cc3ccc(C)c(Cl)c3)c2n1. The molecule has 2 heterocycles. The maximum Gasteiger partial charge on any atom is 0.328 e. The molecule has 0 amide bonds. The van der Waals surface area contributed by atoms with Crippen molar-refractivity contribution in [1.82, 2.24) is 19.5 Å². The molecule has 126 valence electrons. The van der Waals surface area contributed by atoms with Crippen molar-refractivity contribution in [2.45, 2.75) is 32.0 Å². The summed E-state index contributed by atoms with van der Waals surface area (Å²) >= 11 is 7.70. The highest BCUT2D eigenvalue weighted by molar-refractivity contribution is 7.99. The minimum atomic E-state index is -0.264. The van der Waals surface area contributed by atoms with Gasteiger partial charge in [-0.1, -0.05) is 42.4 Å². The number of H-pyrrole nitrogens is 1. The number of hydrogen-bond donors (Lipinski definition) is 2. The number of thioether (sulfide) groups is 1. The first kappa shape index (κ1) is 16.9. The summed E-state index contributed by atoms with van der Waals surface area (Å²) < 4.78 is 1.56. The fourth-order valence-corrected chi connectivity index (χ4v) is 3.26. The number of nitrogens with one attached hydrogen (secondary N) is 1. The van der Waals surface area contributed by atoms with Crippen molar-refractivity contribution < 1.29 is 0 Å². The Balaban J connectivity index is 2.05. The van der Waals surface area contributed by atoms with E-state index in [0.29, 0.717) is 27.9 Å². The fraction of sp³-hybridized carbons (Fsp3) is 0.312. The van der Waals surface area contributed by atoms with Crippen molar-refractivity contribution >= 4 is 40.3 Å². The molecule has 0 saturated heterocycles. The predicted octanol–water partition coefficient (Wildman–Crippen LogP) is 3.21. The smallest absolute Gasteiger partial charge is 0.328 e. The lowest BCUT2D eigenvalue weighted by Gasteiger charge is -2.07. The number of anilines is 1. The summed E-state index contributed by atoms with van der Waals surface area (Å²) in [4.78, 5) is 23.8. The second-order valence-corrected chi connectivity index (χ2v) is 7.01. The average molecular weight is 364 g/mol. The van der Waals surface area contributed by atoms with Gasteiger partial charge in [0, 0.05) is 10.8 Å². The summed E-state index contributed by atoms with van der Waals surface area (Å²) in [7, 11) is 0. The van der Waals surface area contributed by atoms with Crippen LogP contribution in [0.3, 0.4) is 0 Å². The molecule has 0 unspecified atom stereocenters. The number of benzene rings is 1. The lowest BCUT2D eigenvalue weighted by molar-refractivity contribution is 0.771. The summed E-state index contributed by atoms with van der Waals surface area (Å²) in [5, 5.41) is 1.25. The molecule has 0 aliphatic heterocycles. The molecule has 0 atom stereocenters. The molecule has 3 rings (SSSR count). The van der Waals surface area contributed by atoms with Crippen LogP contribution in [0.15, 0.2) is 28.2 Å². The van der Waals surface area contributed by atoms with Crippen LogP contribution in [0.5, 0.6) is 0 Å². The first-order chi connectivity index (χ1) is 11.5. The topological polar surface area (TPSA) is 89.6 Å². The average Bonchev–Trinajstić information content (AvgIpc) is 2.86. The molecular formula is C16H18ClN5OS. The van der Waals surface area contributed by atoms with E-state index in [1.165, 1.54) is 11.8 Å². The number of halogens is 1. The number of fused-ring (bicyclic) bond motifs is 1. The zero-order valence-electron chi connectivity index (χ0n) is 13.5. The van der Waals surface area contributed by atoms with Gasteiger partial charge in [-0.25, -0.2) is 14.8 Å². The minimum Gasteiger partial charge on any atom is -0.382 e. The Morgan fingerprint density at radius 3 is 2.88 bits per heavy atom. The van der Waals surface area contributed by atoms with E-state index in [1.807, 2.05) is 25.1 Å². The molecule has 0 bridgehead atoms. The summed E-state index contributed by atoms with van der Waals surface area (Å²) in [6.07, 6.45) is 1.01. The standard InChI is InChI=1S/C16H18ClN5OS/c1-3-6-24-15-20-13(18)12-14(21-15)22(16(23)19-12)8-10-5-4-9(2)11(17)7-10/h4-5,7H,3,6,8H2,1-2H3,(H,19,23)(H2,18,20,21). The van der Waals surface area contributed by atoms with E-state index in [0.717, 1.165) is 23.3 Å². The number of rotatable bonds is 5. The van der Waals surface area contributed by atoms with Gasteiger partial charge >= 0.3 is 5.69 Å². The van der Waals surface area contributed by atoms with E-state index in [4.69, 9.17) is 17.3 Å². The van der Waals surface area contributed by atoms with Gasteiger partial charge in [-0.2, -0.15) is 0 Å². The van der Waals surface area contributed by atoms with Gasteiger partial charge in [-0.15, -0.1) is 0 Å². The molecule has 3 N–H and O–H groups in total. The molecule has 6 nitrogen and oxygen atoms in total. The molecule has 0 spiro atoms. The first-order valence-electron chi connectivity index (χ1n) is 7.63. The van der Waals surface area contributed by atoms with E-state index < -0.39 is 0 Å². The number of imidazole rings is 1. The molecule has 0 saturated carbocycles. The summed E-state index contributed by atoms with van der Waals surface area (Å²) in [6, 6.07) is 5.74. The van der Waals surface area contributed by atoms with Gasteiger partial charge in [-0.05, 0) is 30.5 Å². The van der Waals surface area contributed by atoms with E-state index >= 15 is 0 Å². The molecule has 3 aromatic rings. The van der Waals surface area contributed by atoms with Crippen LogP contribution in [0.1, 0.15) is 24.5 Å². The Labute approximate surface area is 148 Å². The molecule has 0 radical (unpaired) electrons. The van der Waals surface area contributed by atoms with Gasteiger partial charge in [0.05, 0.1) is 6.54 Å². The second kappa shape index (κ2) is 6.86. The number of aromatic amines is 1. The van der Waals surface area contributed by atoms with Gasteiger partial charge in [0.2, 0.25) is 0 Å². The molecule has 1 aromatic carbocycles. The Bertz CT molecular complexity index is 950. The number of nitrogens with two attached hydrogens (primary N) is 1. The van der Waals surface area contributed by atoms with Crippen LogP contribution in [0.4, 0.5) is 5.82 Å².